The van der Waals surface area contributed by atoms with Gasteiger partial charge in [-0.15, -0.1) is 11.3 Å². The minimum absolute atomic E-state index is 0.155. The molecule has 0 saturated carbocycles. The van der Waals surface area contributed by atoms with Crippen molar-refractivity contribution in [2.24, 2.45) is 0 Å². The number of carbonyl (C=O) groups excluding carboxylic acids is 2. The molecule has 11 heteroatoms. The van der Waals surface area contributed by atoms with Gasteiger partial charge in [0.1, 0.15) is 0 Å². The Kier molecular flexibility index (Phi) is 8.42. The highest BCUT2D eigenvalue weighted by Gasteiger charge is 2.15. The second kappa shape index (κ2) is 11.5. The van der Waals surface area contributed by atoms with Gasteiger partial charge < -0.3 is 25.6 Å². The zero-order valence-electron chi connectivity index (χ0n) is 17.9. The summed E-state index contributed by atoms with van der Waals surface area (Å²) in [6.45, 7) is 1.85. The fraction of sp³-hybridized carbons (Fsp3) is 0.286. The molecule has 3 amide bonds. The van der Waals surface area contributed by atoms with Gasteiger partial charge in [0.15, 0.2) is 0 Å². The Labute approximate surface area is 194 Å². The maximum atomic E-state index is 12.8. The number of hydrogen-bond acceptors (Lipinski definition) is 8. The second-order valence-electron chi connectivity index (χ2n) is 7.28. The minimum Gasteiger partial charge on any atom is -0.396 e. The smallest absolute Gasteiger partial charge is 0.396 e. The van der Waals surface area contributed by atoms with E-state index in [1.807, 2.05) is 30.9 Å². The van der Waals surface area contributed by atoms with Crippen LogP contribution in [0.5, 0.6) is 5.88 Å². The molecule has 0 fully saturated rings. The van der Waals surface area contributed by atoms with E-state index in [-0.39, 0.29) is 11.9 Å². The van der Waals surface area contributed by atoms with Crippen molar-refractivity contribution >= 4 is 51.9 Å². The van der Waals surface area contributed by atoms with Crippen molar-refractivity contribution in [2.75, 3.05) is 43.6 Å². The third-order valence-electron chi connectivity index (χ3n) is 4.39. The Morgan fingerprint density at radius 1 is 1.09 bits per heavy atom. The van der Waals surface area contributed by atoms with Crippen LogP contribution in [0.15, 0.2) is 45.9 Å². The first-order valence-electron chi connectivity index (χ1n) is 9.89. The molecule has 3 heterocycles. The molecule has 0 aromatic carbocycles. The Morgan fingerprint density at radius 3 is 2.56 bits per heavy atom. The van der Waals surface area contributed by atoms with Crippen LogP contribution in [-0.2, 0) is 6.54 Å². The molecule has 0 unspecified atom stereocenters. The van der Waals surface area contributed by atoms with Gasteiger partial charge in [-0.25, -0.2) is 14.6 Å². The molecule has 170 valence electrons. The van der Waals surface area contributed by atoms with Crippen molar-refractivity contribution in [1.82, 2.24) is 14.8 Å². The van der Waals surface area contributed by atoms with E-state index < -0.39 is 6.09 Å². The summed E-state index contributed by atoms with van der Waals surface area (Å²) >= 11 is 2.91. The zero-order valence-corrected chi connectivity index (χ0v) is 19.5. The zero-order chi connectivity index (χ0) is 22.9. The average Bonchev–Trinajstić information content (AvgIpc) is 3.40. The van der Waals surface area contributed by atoms with E-state index in [4.69, 9.17) is 10.5 Å². The van der Waals surface area contributed by atoms with Crippen LogP contribution < -0.4 is 21.1 Å². The number of urea groups is 1. The average molecular weight is 475 g/mol. The summed E-state index contributed by atoms with van der Waals surface area (Å²) < 4.78 is 5.20. The fourth-order valence-corrected chi connectivity index (χ4v) is 4.05. The SMILES string of the molecule is CN(C)CCCN(Cc1ccc(OC(=O)Nc2cscc2N)nc1)C(=O)Nc1ccsc1. The number of nitrogen functional groups attached to an aromatic ring is 1. The summed E-state index contributed by atoms with van der Waals surface area (Å²) in [5, 5.41) is 12.7. The number of ether oxygens (including phenoxy) is 1. The summed E-state index contributed by atoms with van der Waals surface area (Å²) in [4.78, 5) is 32.8. The number of carbonyl (C=O) groups is 2. The topological polar surface area (TPSA) is 113 Å². The molecule has 0 aliphatic rings. The number of amides is 3. The van der Waals surface area contributed by atoms with Gasteiger partial charge in [0.05, 0.1) is 17.1 Å². The number of rotatable bonds is 9. The third kappa shape index (κ3) is 7.22. The van der Waals surface area contributed by atoms with Gasteiger partial charge in [-0.3, -0.25) is 5.32 Å². The van der Waals surface area contributed by atoms with E-state index in [9.17, 15) is 9.59 Å². The van der Waals surface area contributed by atoms with Gasteiger partial charge in [-0.05, 0) is 44.1 Å². The van der Waals surface area contributed by atoms with Crippen LogP contribution in [-0.4, -0.2) is 54.1 Å². The quantitative estimate of drug-likeness (QED) is 0.424. The molecule has 0 radical (unpaired) electrons. The van der Waals surface area contributed by atoms with Gasteiger partial charge >= 0.3 is 12.1 Å². The molecule has 3 aromatic rings. The number of nitrogens with two attached hydrogens (primary N) is 1. The Hall–Kier alpha value is -3.15. The lowest BCUT2D eigenvalue weighted by molar-refractivity contribution is 0.205. The fourth-order valence-electron chi connectivity index (χ4n) is 2.79. The molecule has 0 spiro atoms. The molecule has 3 rings (SSSR count). The molecule has 3 aromatic heterocycles. The number of aromatic nitrogens is 1. The van der Waals surface area contributed by atoms with Gasteiger partial charge in [-0.2, -0.15) is 11.3 Å². The van der Waals surface area contributed by atoms with E-state index in [0.717, 1.165) is 24.2 Å². The first-order chi connectivity index (χ1) is 15.4. The summed E-state index contributed by atoms with van der Waals surface area (Å²) in [5.41, 5.74) is 8.33. The molecule has 0 atom stereocenters. The Bertz CT molecular complexity index is 1000. The van der Waals surface area contributed by atoms with Gasteiger partial charge in [0, 0.05) is 41.5 Å². The van der Waals surface area contributed by atoms with Crippen molar-refractivity contribution < 1.29 is 14.3 Å². The number of nitrogens with zero attached hydrogens (tertiary/aromatic N) is 3. The molecule has 0 aliphatic carbocycles. The lowest BCUT2D eigenvalue weighted by Gasteiger charge is -2.24. The number of anilines is 3. The maximum Gasteiger partial charge on any atom is 0.418 e. The van der Waals surface area contributed by atoms with Gasteiger partial charge in [0.2, 0.25) is 5.88 Å². The predicted octanol–water partition coefficient (Wildman–Crippen LogP) is 4.38. The van der Waals surface area contributed by atoms with Gasteiger partial charge in [0.25, 0.3) is 0 Å². The van der Waals surface area contributed by atoms with E-state index in [1.54, 1.807) is 34.0 Å². The van der Waals surface area contributed by atoms with Crippen LogP contribution in [0.3, 0.4) is 0 Å². The van der Waals surface area contributed by atoms with E-state index in [1.165, 1.54) is 22.7 Å². The molecule has 0 bridgehead atoms. The predicted molar refractivity (Wildman–Crippen MR) is 130 cm³/mol. The van der Waals surface area contributed by atoms with Crippen LogP contribution in [0, 0.1) is 0 Å². The summed E-state index contributed by atoms with van der Waals surface area (Å²) in [7, 11) is 4.00. The lowest BCUT2D eigenvalue weighted by Crippen LogP contribution is -2.36. The van der Waals surface area contributed by atoms with Crippen LogP contribution in [0.4, 0.5) is 26.7 Å². The molecule has 32 heavy (non-hydrogen) atoms. The minimum atomic E-state index is -0.671. The maximum absolute atomic E-state index is 12.8. The summed E-state index contributed by atoms with van der Waals surface area (Å²) in [6.07, 6.45) is 1.76. The van der Waals surface area contributed by atoms with Crippen molar-refractivity contribution in [3.05, 3.63) is 51.5 Å². The van der Waals surface area contributed by atoms with Crippen LogP contribution in [0.1, 0.15) is 12.0 Å². The third-order valence-corrected chi connectivity index (χ3v) is 5.83. The van der Waals surface area contributed by atoms with E-state index in [2.05, 4.69) is 20.5 Å². The number of hydrogen-bond donors (Lipinski definition) is 3. The Morgan fingerprint density at radius 2 is 1.94 bits per heavy atom. The molecule has 9 nitrogen and oxygen atoms in total. The largest absolute Gasteiger partial charge is 0.418 e. The van der Waals surface area contributed by atoms with Crippen molar-refractivity contribution in [1.29, 1.82) is 0 Å². The normalized spacial score (nSPS) is 10.7. The lowest BCUT2D eigenvalue weighted by atomic mass is 10.2. The number of pyridine rings is 1. The molecular weight excluding hydrogens is 448 g/mol. The molecule has 0 saturated heterocycles. The Balaban J connectivity index is 1.58. The first-order valence-corrected chi connectivity index (χ1v) is 11.8. The van der Waals surface area contributed by atoms with Crippen LogP contribution in [0.25, 0.3) is 0 Å². The van der Waals surface area contributed by atoms with E-state index >= 15 is 0 Å². The summed E-state index contributed by atoms with van der Waals surface area (Å²) in [6, 6.07) is 5.07. The van der Waals surface area contributed by atoms with Crippen LogP contribution >= 0.6 is 22.7 Å². The number of thiophene rings is 2. The standard InChI is InChI=1S/C21H26N6O3S2/c1-26(2)7-3-8-27(20(28)24-16-6-9-31-12-16)11-15-4-5-19(23-10-15)30-21(29)25-18-14-32-13-17(18)22/h4-6,9-10,12-14H,3,7-8,11,22H2,1-2H3,(H,24,28)(H,25,29). The van der Waals surface area contributed by atoms with Gasteiger partial charge in [-0.1, -0.05) is 6.07 Å². The van der Waals surface area contributed by atoms with Crippen molar-refractivity contribution in [3.8, 4) is 5.88 Å². The van der Waals surface area contributed by atoms with Crippen LogP contribution in [0.2, 0.25) is 0 Å². The first kappa shape index (κ1) is 23.5. The summed E-state index contributed by atoms with van der Waals surface area (Å²) in [5.74, 6) is 0.155. The number of nitrogens with one attached hydrogen (secondary N) is 2. The molecule has 0 aliphatic heterocycles. The highest BCUT2D eigenvalue weighted by molar-refractivity contribution is 7.09. The second-order valence-corrected chi connectivity index (χ2v) is 8.80. The highest BCUT2D eigenvalue weighted by atomic mass is 32.1. The van der Waals surface area contributed by atoms with Crippen molar-refractivity contribution in [2.45, 2.75) is 13.0 Å². The van der Waals surface area contributed by atoms with Crippen molar-refractivity contribution in [3.63, 3.8) is 0 Å². The molecular formula is C21H26N6O3S2. The highest BCUT2D eigenvalue weighted by Crippen LogP contribution is 2.23. The monoisotopic (exact) mass is 474 g/mol. The van der Waals surface area contributed by atoms with E-state index in [0.29, 0.717) is 24.5 Å². The molecule has 4 N–H and O–H groups in total.